The number of carbonyl (C=O) groups is 1. The van der Waals surface area contributed by atoms with E-state index in [1.54, 1.807) is 0 Å². The molecule has 0 spiro atoms. The van der Waals surface area contributed by atoms with Crippen LogP contribution in [0.4, 0.5) is 5.69 Å². The summed E-state index contributed by atoms with van der Waals surface area (Å²) in [5.41, 5.74) is 7.48. The summed E-state index contributed by atoms with van der Waals surface area (Å²) in [6, 6.07) is 7.24. The second kappa shape index (κ2) is 7.75. The van der Waals surface area contributed by atoms with Crippen LogP contribution in [0, 0.1) is 0 Å². The summed E-state index contributed by atoms with van der Waals surface area (Å²) < 4.78 is 2.14. The van der Waals surface area contributed by atoms with Gasteiger partial charge < -0.3 is 15.6 Å². The van der Waals surface area contributed by atoms with Crippen LogP contribution in [0.2, 0.25) is 0 Å². The SMILES string of the molecule is CCCCn1ccnc1-c1cccc(NC(=O)[C@@H](N)CC)c1. The quantitative estimate of drug-likeness (QED) is 0.825. The van der Waals surface area contributed by atoms with E-state index >= 15 is 0 Å². The molecule has 0 aliphatic heterocycles. The van der Waals surface area contributed by atoms with E-state index in [0.717, 1.165) is 36.5 Å². The van der Waals surface area contributed by atoms with Gasteiger partial charge in [0.2, 0.25) is 5.91 Å². The number of nitrogens with one attached hydrogen (secondary N) is 1. The first-order valence-corrected chi connectivity index (χ1v) is 7.83. The lowest BCUT2D eigenvalue weighted by molar-refractivity contribution is -0.117. The van der Waals surface area contributed by atoms with Gasteiger partial charge in [0.05, 0.1) is 6.04 Å². The Balaban J connectivity index is 2.18. The zero-order valence-electron chi connectivity index (χ0n) is 13.2. The molecule has 3 N–H and O–H groups in total. The lowest BCUT2D eigenvalue weighted by Gasteiger charge is -2.12. The highest BCUT2D eigenvalue weighted by Gasteiger charge is 2.12. The van der Waals surface area contributed by atoms with Crippen LogP contribution in [0.25, 0.3) is 11.4 Å². The van der Waals surface area contributed by atoms with Gasteiger partial charge in [0, 0.05) is 30.2 Å². The average molecular weight is 300 g/mol. The fraction of sp³-hybridized carbons (Fsp3) is 0.412. The van der Waals surface area contributed by atoms with Crippen LogP contribution in [-0.4, -0.2) is 21.5 Å². The highest BCUT2D eigenvalue weighted by Crippen LogP contribution is 2.22. The van der Waals surface area contributed by atoms with Crippen LogP contribution >= 0.6 is 0 Å². The van der Waals surface area contributed by atoms with Gasteiger partial charge in [-0.05, 0) is 25.0 Å². The summed E-state index contributed by atoms with van der Waals surface area (Å²) in [7, 11) is 0. The van der Waals surface area contributed by atoms with E-state index in [4.69, 9.17) is 5.73 Å². The summed E-state index contributed by atoms with van der Waals surface area (Å²) in [5, 5.41) is 2.86. The first-order valence-electron chi connectivity index (χ1n) is 7.83. The molecule has 0 unspecified atom stereocenters. The molecular weight excluding hydrogens is 276 g/mol. The van der Waals surface area contributed by atoms with E-state index in [2.05, 4.69) is 21.8 Å². The van der Waals surface area contributed by atoms with Crippen molar-refractivity contribution in [2.24, 2.45) is 5.73 Å². The molecule has 2 aromatic rings. The molecule has 22 heavy (non-hydrogen) atoms. The molecule has 118 valence electrons. The Bertz CT molecular complexity index is 621. The second-order valence-corrected chi connectivity index (χ2v) is 5.38. The van der Waals surface area contributed by atoms with Gasteiger partial charge in [-0.25, -0.2) is 4.98 Å². The number of carbonyl (C=O) groups excluding carboxylic acids is 1. The van der Waals surface area contributed by atoms with Gasteiger partial charge in [0.25, 0.3) is 0 Å². The van der Waals surface area contributed by atoms with Gasteiger partial charge in [-0.15, -0.1) is 0 Å². The van der Waals surface area contributed by atoms with Gasteiger partial charge in [-0.2, -0.15) is 0 Å². The number of hydrogen-bond acceptors (Lipinski definition) is 3. The van der Waals surface area contributed by atoms with Crippen LogP contribution < -0.4 is 11.1 Å². The summed E-state index contributed by atoms with van der Waals surface area (Å²) in [4.78, 5) is 16.3. The van der Waals surface area contributed by atoms with Crippen LogP contribution in [0.1, 0.15) is 33.1 Å². The van der Waals surface area contributed by atoms with Gasteiger partial charge in [0.15, 0.2) is 0 Å². The van der Waals surface area contributed by atoms with Crippen molar-refractivity contribution in [3.63, 3.8) is 0 Å². The fourth-order valence-electron chi connectivity index (χ4n) is 2.23. The van der Waals surface area contributed by atoms with Crippen molar-refractivity contribution in [1.29, 1.82) is 0 Å². The Kier molecular flexibility index (Phi) is 5.72. The largest absolute Gasteiger partial charge is 0.331 e. The molecule has 5 heteroatoms. The van der Waals surface area contributed by atoms with Crippen LogP contribution in [0.3, 0.4) is 0 Å². The third-order valence-corrected chi connectivity index (χ3v) is 3.63. The predicted molar refractivity (Wildman–Crippen MR) is 89.5 cm³/mol. The molecule has 1 aromatic carbocycles. The number of benzene rings is 1. The van der Waals surface area contributed by atoms with Crippen molar-refractivity contribution in [1.82, 2.24) is 9.55 Å². The van der Waals surface area contributed by atoms with E-state index in [1.807, 2.05) is 43.6 Å². The Labute approximate surface area is 131 Å². The number of unbranched alkanes of at least 4 members (excludes halogenated alkanes) is 1. The highest BCUT2D eigenvalue weighted by atomic mass is 16.2. The summed E-state index contributed by atoms with van der Waals surface area (Å²) in [6.45, 7) is 5.01. The van der Waals surface area contributed by atoms with E-state index < -0.39 is 6.04 Å². The standard InChI is InChI=1S/C17H24N4O/c1-3-5-10-21-11-9-19-16(21)13-7-6-8-14(12-13)20-17(22)15(18)4-2/h6-9,11-12,15H,3-5,10,18H2,1-2H3,(H,20,22)/t15-/m0/s1. The molecule has 1 heterocycles. The molecule has 2 rings (SSSR count). The number of hydrogen-bond donors (Lipinski definition) is 2. The first kappa shape index (κ1) is 16.2. The summed E-state index contributed by atoms with van der Waals surface area (Å²) >= 11 is 0. The Morgan fingerprint density at radius 3 is 2.95 bits per heavy atom. The van der Waals surface area contributed by atoms with Gasteiger partial charge in [-0.1, -0.05) is 32.4 Å². The molecule has 0 fully saturated rings. The molecule has 1 amide bonds. The smallest absolute Gasteiger partial charge is 0.241 e. The van der Waals surface area contributed by atoms with E-state index in [1.165, 1.54) is 0 Å². The Hall–Kier alpha value is -2.14. The van der Waals surface area contributed by atoms with Crippen molar-refractivity contribution in [2.75, 3.05) is 5.32 Å². The maximum Gasteiger partial charge on any atom is 0.241 e. The monoisotopic (exact) mass is 300 g/mol. The third-order valence-electron chi connectivity index (χ3n) is 3.63. The van der Waals surface area contributed by atoms with Crippen molar-refractivity contribution in [3.8, 4) is 11.4 Å². The molecular formula is C17H24N4O. The lowest BCUT2D eigenvalue weighted by Crippen LogP contribution is -2.34. The topological polar surface area (TPSA) is 72.9 Å². The van der Waals surface area contributed by atoms with E-state index in [-0.39, 0.29) is 5.91 Å². The number of imidazole rings is 1. The molecule has 1 aromatic heterocycles. The average Bonchev–Trinajstić information content (AvgIpc) is 3.00. The summed E-state index contributed by atoms with van der Waals surface area (Å²) in [6.07, 6.45) is 6.67. The number of nitrogens with two attached hydrogens (primary N) is 1. The molecule has 5 nitrogen and oxygen atoms in total. The molecule has 0 aliphatic carbocycles. The Morgan fingerprint density at radius 2 is 2.23 bits per heavy atom. The minimum Gasteiger partial charge on any atom is -0.331 e. The molecule has 0 bridgehead atoms. The molecule has 0 aliphatic rings. The fourth-order valence-corrected chi connectivity index (χ4v) is 2.23. The maximum atomic E-state index is 11.9. The maximum absolute atomic E-state index is 11.9. The minimum atomic E-state index is -0.477. The second-order valence-electron chi connectivity index (χ2n) is 5.38. The van der Waals surface area contributed by atoms with E-state index in [0.29, 0.717) is 6.42 Å². The van der Waals surface area contributed by atoms with Gasteiger partial charge >= 0.3 is 0 Å². The number of anilines is 1. The van der Waals surface area contributed by atoms with Crippen molar-refractivity contribution in [3.05, 3.63) is 36.7 Å². The van der Waals surface area contributed by atoms with E-state index in [9.17, 15) is 4.79 Å². The Morgan fingerprint density at radius 1 is 1.41 bits per heavy atom. The molecule has 0 saturated heterocycles. The van der Waals surface area contributed by atoms with Crippen molar-refractivity contribution >= 4 is 11.6 Å². The molecule has 0 saturated carbocycles. The summed E-state index contributed by atoms with van der Waals surface area (Å²) in [5.74, 6) is 0.762. The molecule has 0 radical (unpaired) electrons. The van der Waals surface area contributed by atoms with Crippen LogP contribution in [-0.2, 0) is 11.3 Å². The first-order chi connectivity index (χ1) is 10.7. The number of nitrogens with zero attached hydrogens (tertiary/aromatic N) is 2. The number of rotatable bonds is 7. The van der Waals surface area contributed by atoms with Gasteiger partial charge in [0.1, 0.15) is 5.82 Å². The zero-order valence-corrected chi connectivity index (χ0v) is 13.2. The number of aryl methyl sites for hydroxylation is 1. The van der Waals surface area contributed by atoms with Crippen LogP contribution in [0.5, 0.6) is 0 Å². The third kappa shape index (κ3) is 3.95. The predicted octanol–water partition coefficient (Wildman–Crippen LogP) is 3.03. The zero-order chi connectivity index (χ0) is 15.9. The number of aromatic nitrogens is 2. The van der Waals surface area contributed by atoms with Gasteiger partial charge in [-0.3, -0.25) is 4.79 Å². The lowest BCUT2D eigenvalue weighted by atomic mass is 10.1. The van der Waals surface area contributed by atoms with Crippen molar-refractivity contribution in [2.45, 2.75) is 45.7 Å². The minimum absolute atomic E-state index is 0.158. The van der Waals surface area contributed by atoms with Crippen molar-refractivity contribution < 1.29 is 4.79 Å². The molecule has 1 atom stereocenters. The number of amides is 1. The normalized spacial score (nSPS) is 12.1. The van der Waals surface area contributed by atoms with Crippen LogP contribution in [0.15, 0.2) is 36.7 Å². The highest BCUT2D eigenvalue weighted by molar-refractivity contribution is 5.95.